The number of benzene rings is 2. The molecule has 1 aliphatic heterocycles. The first-order valence-electron chi connectivity index (χ1n) is 13.3. The molecule has 2 aromatic rings. The van der Waals surface area contributed by atoms with Gasteiger partial charge in [-0.25, -0.2) is 0 Å². The lowest BCUT2D eigenvalue weighted by atomic mass is 9.65. The summed E-state index contributed by atoms with van der Waals surface area (Å²) in [6.07, 6.45) is 2.18. The molecule has 5 nitrogen and oxygen atoms in total. The first kappa shape index (κ1) is 26.6. The van der Waals surface area contributed by atoms with E-state index in [0.717, 1.165) is 11.1 Å². The molecule has 0 spiro atoms. The predicted molar refractivity (Wildman–Crippen MR) is 147 cm³/mol. The van der Waals surface area contributed by atoms with Crippen LogP contribution >= 0.6 is 11.6 Å². The Hall–Kier alpha value is -3.05. The van der Waals surface area contributed by atoms with Gasteiger partial charge < -0.3 is 14.2 Å². The topological polar surface area (TPSA) is 61.8 Å². The highest BCUT2D eigenvalue weighted by Gasteiger charge is 2.47. The Kier molecular flexibility index (Phi) is 6.93. The number of ether oxygens (including phenoxy) is 3. The van der Waals surface area contributed by atoms with E-state index in [1.807, 2.05) is 49.4 Å². The molecule has 38 heavy (non-hydrogen) atoms. The van der Waals surface area contributed by atoms with Gasteiger partial charge in [0, 0.05) is 47.8 Å². The summed E-state index contributed by atoms with van der Waals surface area (Å²) in [5.41, 5.74) is 2.69. The summed E-state index contributed by atoms with van der Waals surface area (Å²) in [7, 11) is 0. The molecule has 5 rings (SSSR count). The van der Waals surface area contributed by atoms with Crippen molar-refractivity contribution in [3.05, 3.63) is 81.3 Å². The number of ketones is 2. The van der Waals surface area contributed by atoms with Gasteiger partial charge in [-0.15, -0.1) is 0 Å². The van der Waals surface area contributed by atoms with Crippen molar-refractivity contribution in [3.63, 3.8) is 0 Å². The molecular weight excluding hydrogens is 500 g/mol. The number of carbonyl (C=O) groups is 2. The lowest BCUT2D eigenvalue weighted by Crippen LogP contribution is -2.37. The Balaban J connectivity index is 1.56. The smallest absolute Gasteiger partial charge is 0.163 e. The second-order valence-electron chi connectivity index (χ2n) is 12.1. The number of hydrogen-bond acceptors (Lipinski definition) is 5. The minimum absolute atomic E-state index is 0.0476. The fourth-order valence-electron chi connectivity index (χ4n) is 5.84. The van der Waals surface area contributed by atoms with Crippen molar-refractivity contribution in [3.8, 4) is 11.5 Å². The minimum atomic E-state index is -0.467. The van der Waals surface area contributed by atoms with Gasteiger partial charge in [0.05, 0.1) is 6.61 Å². The monoisotopic (exact) mass is 534 g/mol. The van der Waals surface area contributed by atoms with Gasteiger partial charge in [-0.05, 0) is 53.1 Å². The van der Waals surface area contributed by atoms with Crippen LogP contribution < -0.4 is 9.47 Å². The molecule has 0 fully saturated rings. The maximum atomic E-state index is 13.6. The summed E-state index contributed by atoms with van der Waals surface area (Å²) in [6.45, 7) is 11.1. The van der Waals surface area contributed by atoms with Crippen LogP contribution in [0, 0.1) is 10.8 Å². The average Bonchev–Trinajstić information content (AvgIpc) is 2.81. The highest BCUT2D eigenvalue weighted by molar-refractivity contribution is 6.30. The van der Waals surface area contributed by atoms with E-state index in [4.69, 9.17) is 25.8 Å². The first-order valence-corrected chi connectivity index (χ1v) is 13.7. The van der Waals surface area contributed by atoms with E-state index in [-0.39, 0.29) is 22.4 Å². The molecule has 0 saturated heterocycles. The third-order valence-corrected chi connectivity index (χ3v) is 7.74. The number of hydrogen-bond donors (Lipinski definition) is 0. The van der Waals surface area contributed by atoms with Crippen molar-refractivity contribution < 1.29 is 23.8 Å². The third kappa shape index (κ3) is 5.26. The zero-order valence-corrected chi connectivity index (χ0v) is 23.5. The molecule has 0 radical (unpaired) electrons. The molecule has 0 aromatic heterocycles. The minimum Gasteiger partial charge on any atom is -0.490 e. The van der Waals surface area contributed by atoms with E-state index >= 15 is 0 Å². The van der Waals surface area contributed by atoms with Crippen LogP contribution in [0.1, 0.15) is 77.3 Å². The van der Waals surface area contributed by atoms with E-state index in [1.165, 1.54) is 0 Å². The fraction of sp³-hybridized carbons (Fsp3) is 0.438. The van der Waals surface area contributed by atoms with Crippen molar-refractivity contribution in [2.75, 3.05) is 6.61 Å². The van der Waals surface area contributed by atoms with Gasteiger partial charge in [0.15, 0.2) is 23.1 Å². The molecule has 0 saturated carbocycles. The maximum Gasteiger partial charge on any atom is 0.163 e. The summed E-state index contributed by atoms with van der Waals surface area (Å²) in [4.78, 5) is 27.1. The standard InChI is InChI=1S/C32H35ClO5/c1-6-36-25-13-20(9-12-24(25)37-18-19-7-10-21(33)11-8-19)28-29-22(34)14-31(2,3)16-26(29)38-27-17-32(4,5)15-23(35)30(27)28/h7-13,28H,6,14-18H2,1-5H3. The third-order valence-electron chi connectivity index (χ3n) is 7.49. The van der Waals surface area contributed by atoms with Crippen LogP contribution in [0.25, 0.3) is 0 Å². The van der Waals surface area contributed by atoms with Crippen molar-refractivity contribution >= 4 is 23.2 Å². The number of carbonyl (C=O) groups excluding carboxylic acids is 2. The van der Waals surface area contributed by atoms with E-state index in [9.17, 15) is 9.59 Å². The Bertz CT molecular complexity index is 1290. The molecule has 0 atom stereocenters. The number of Topliss-reactive ketones (excluding diaryl/α,β-unsaturated/α-hetero) is 2. The summed E-state index contributed by atoms with van der Waals surface area (Å²) in [5.74, 6) is 2.24. The van der Waals surface area contributed by atoms with E-state index in [2.05, 4.69) is 27.7 Å². The van der Waals surface area contributed by atoms with Crippen LogP contribution in [0.15, 0.2) is 65.1 Å². The second kappa shape index (κ2) is 9.92. The van der Waals surface area contributed by atoms with Crippen LogP contribution in [-0.4, -0.2) is 18.2 Å². The van der Waals surface area contributed by atoms with Gasteiger partial charge in [0.25, 0.3) is 0 Å². The van der Waals surface area contributed by atoms with Crippen molar-refractivity contribution in [2.24, 2.45) is 10.8 Å². The number of allylic oxidation sites excluding steroid dienone is 4. The molecule has 2 aromatic carbocycles. The highest BCUT2D eigenvalue weighted by atomic mass is 35.5. The van der Waals surface area contributed by atoms with Gasteiger partial charge in [-0.1, -0.05) is 57.5 Å². The van der Waals surface area contributed by atoms with Gasteiger partial charge in [0.2, 0.25) is 0 Å². The molecule has 0 unspecified atom stereocenters. The Labute approximate surface area is 229 Å². The van der Waals surface area contributed by atoms with Crippen LogP contribution in [0.2, 0.25) is 5.02 Å². The van der Waals surface area contributed by atoms with Gasteiger partial charge in [0.1, 0.15) is 18.1 Å². The first-order chi connectivity index (χ1) is 18.0. The van der Waals surface area contributed by atoms with E-state index < -0.39 is 5.92 Å². The van der Waals surface area contributed by atoms with E-state index in [0.29, 0.717) is 78.1 Å². The Morgan fingerprint density at radius 3 is 1.95 bits per heavy atom. The van der Waals surface area contributed by atoms with Crippen LogP contribution in [0.5, 0.6) is 11.5 Å². The number of halogens is 1. The largest absolute Gasteiger partial charge is 0.490 e. The van der Waals surface area contributed by atoms with E-state index in [1.54, 1.807) is 0 Å². The van der Waals surface area contributed by atoms with Crippen molar-refractivity contribution in [1.82, 2.24) is 0 Å². The SMILES string of the molecule is CCOc1cc(C2C3=C(CC(C)(C)CC3=O)OC3=C2C(=O)CC(C)(C)C3)ccc1OCc1ccc(Cl)cc1. The van der Waals surface area contributed by atoms with Crippen molar-refractivity contribution in [1.29, 1.82) is 0 Å². The molecule has 6 heteroatoms. The Morgan fingerprint density at radius 2 is 1.39 bits per heavy atom. The van der Waals surface area contributed by atoms with Gasteiger partial charge >= 0.3 is 0 Å². The molecule has 3 aliphatic rings. The average molecular weight is 535 g/mol. The fourth-order valence-corrected chi connectivity index (χ4v) is 5.97. The quantitative estimate of drug-likeness (QED) is 0.379. The molecule has 0 bridgehead atoms. The highest BCUT2D eigenvalue weighted by Crippen LogP contribution is 2.53. The Morgan fingerprint density at radius 1 is 0.816 bits per heavy atom. The summed E-state index contributed by atoms with van der Waals surface area (Å²) in [5, 5.41) is 0.674. The number of rotatable bonds is 6. The molecule has 200 valence electrons. The van der Waals surface area contributed by atoms with Crippen molar-refractivity contribution in [2.45, 2.75) is 72.8 Å². The molecule has 0 N–H and O–H groups in total. The van der Waals surface area contributed by atoms with Crippen LogP contribution in [-0.2, 0) is 20.9 Å². The lowest BCUT2D eigenvalue weighted by Gasteiger charge is -2.42. The summed E-state index contributed by atoms with van der Waals surface area (Å²) >= 11 is 6.01. The normalized spacial score (nSPS) is 20.6. The molecule has 0 amide bonds. The molecule has 1 heterocycles. The summed E-state index contributed by atoms with van der Waals surface area (Å²) in [6, 6.07) is 13.3. The molecular formula is C32H35ClO5. The second-order valence-corrected chi connectivity index (χ2v) is 12.6. The van der Waals surface area contributed by atoms with Gasteiger partial charge in [-0.2, -0.15) is 0 Å². The zero-order valence-electron chi connectivity index (χ0n) is 22.8. The zero-order chi connectivity index (χ0) is 27.2. The van der Waals surface area contributed by atoms with Crippen LogP contribution in [0.4, 0.5) is 0 Å². The van der Waals surface area contributed by atoms with Gasteiger partial charge in [-0.3, -0.25) is 9.59 Å². The lowest BCUT2D eigenvalue weighted by molar-refractivity contribution is -0.120. The molecule has 2 aliphatic carbocycles. The van der Waals surface area contributed by atoms with Crippen LogP contribution in [0.3, 0.4) is 0 Å². The predicted octanol–water partition coefficient (Wildman–Crippen LogP) is 7.72. The maximum absolute atomic E-state index is 13.6. The summed E-state index contributed by atoms with van der Waals surface area (Å²) < 4.78 is 18.5.